The van der Waals surface area contributed by atoms with E-state index in [0.717, 1.165) is 11.0 Å². The normalized spacial score (nSPS) is 19.1. The van der Waals surface area contributed by atoms with Crippen molar-refractivity contribution in [2.24, 2.45) is 0 Å². The maximum atomic E-state index is 11.4. The van der Waals surface area contributed by atoms with E-state index in [9.17, 15) is 9.59 Å². The van der Waals surface area contributed by atoms with Gasteiger partial charge in [-0.15, -0.1) is 0 Å². The fourth-order valence-corrected chi connectivity index (χ4v) is 2.88. The molecule has 1 aromatic carbocycles. The van der Waals surface area contributed by atoms with Gasteiger partial charge in [0.25, 0.3) is 0 Å². The minimum atomic E-state index is -0.964. The van der Waals surface area contributed by atoms with Gasteiger partial charge in [-0.25, -0.2) is 4.79 Å². The van der Waals surface area contributed by atoms with Gasteiger partial charge in [0.05, 0.1) is 16.8 Å². The summed E-state index contributed by atoms with van der Waals surface area (Å²) in [6.45, 7) is 9.43. The molecule has 0 bridgehead atoms. The van der Waals surface area contributed by atoms with E-state index in [1.54, 1.807) is 24.3 Å². The molecule has 5 nitrogen and oxygen atoms in total. The summed E-state index contributed by atoms with van der Waals surface area (Å²) >= 11 is 1.19. The molecule has 1 saturated heterocycles. The lowest BCUT2D eigenvalue weighted by Gasteiger charge is -2.32. The average Bonchev–Trinajstić information content (AvgIpc) is 2.72. The molecule has 1 heterocycles. The van der Waals surface area contributed by atoms with Crippen LogP contribution in [0.15, 0.2) is 29.7 Å². The first-order chi connectivity index (χ1) is 11.5. The van der Waals surface area contributed by atoms with Gasteiger partial charge < -0.3 is 14.4 Å². The average molecular weight is 362 g/mol. The summed E-state index contributed by atoms with van der Waals surface area (Å²) in [6, 6.07) is 6.56. The summed E-state index contributed by atoms with van der Waals surface area (Å²) in [5, 5.41) is 9.01. The number of carbonyl (C=O) groups excluding carboxylic acids is 1. The highest BCUT2D eigenvalue weighted by Crippen LogP contribution is 2.39. The number of rotatable bonds is 5. The van der Waals surface area contributed by atoms with Crippen molar-refractivity contribution in [3.05, 3.63) is 40.9 Å². The first kappa shape index (κ1) is 19.8. The van der Waals surface area contributed by atoms with E-state index in [1.807, 2.05) is 33.8 Å². The third-order valence-electron chi connectivity index (χ3n) is 4.51. The van der Waals surface area contributed by atoms with Crippen LogP contribution in [0.5, 0.6) is 0 Å². The van der Waals surface area contributed by atoms with E-state index < -0.39 is 24.3 Å². The molecule has 7 heteroatoms. The molecule has 0 amide bonds. The molecule has 0 unspecified atom stereocenters. The minimum Gasteiger partial charge on any atom is -0.478 e. The highest BCUT2D eigenvalue weighted by Gasteiger charge is 2.52. The van der Waals surface area contributed by atoms with Crippen LogP contribution in [0.3, 0.4) is 0 Å². The van der Waals surface area contributed by atoms with Crippen LogP contribution in [0.4, 0.5) is 0 Å². The van der Waals surface area contributed by atoms with Gasteiger partial charge in [-0.3, -0.25) is 4.79 Å². The number of hydrogen-bond acceptors (Lipinski definition) is 5. The topological polar surface area (TPSA) is 72.8 Å². The van der Waals surface area contributed by atoms with Gasteiger partial charge in [0.15, 0.2) is 5.12 Å². The van der Waals surface area contributed by atoms with Crippen molar-refractivity contribution in [3.63, 3.8) is 0 Å². The first-order valence-corrected chi connectivity index (χ1v) is 9.03. The molecule has 0 saturated carbocycles. The summed E-state index contributed by atoms with van der Waals surface area (Å²) < 4.78 is 12.2. The quantitative estimate of drug-likeness (QED) is 0.806. The van der Waals surface area contributed by atoms with Gasteiger partial charge in [0.2, 0.25) is 0 Å². The third kappa shape index (κ3) is 4.74. The van der Waals surface area contributed by atoms with Crippen LogP contribution in [-0.2, 0) is 14.1 Å². The summed E-state index contributed by atoms with van der Waals surface area (Å²) in [6.07, 6.45) is 1.89. The number of thioether (sulfide) groups is 1. The molecular weight excluding hydrogens is 339 g/mol. The third-order valence-corrected chi connectivity index (χ3v) is 5.39. The molecule has 1 N–H and O–H groups in total. The molecule has 0 atom stereocenters. The SMILES string of the molecule is CC(=O)SCC(=Cc1ccc(C(=O)O)cc1)B1OC(C)(C)C(C)(C)O1. The van der Waals surface area contributed by atoms with Crippen LogP contribution in [0.1, 0.15) is 50.5 Å². The molecule has 134 valence electrons. The number of hydrogen-bond donors (Lipinski definition) is 1. The number of carboxylic acid groups (broad SMARTS) is 1. The Kier molecular flexibility index (Phi) is 5.81. The molecule has 0 aromatic heterocycles. The van der Waals surface area contributed by atoms with E-state index >= 15 is 0 Å². The first-order valence-electron chi connectivity index (χ1n) is 8.05. The summed E-state index contributed by atoms with van der Waals surface area (Å²) in [7, 11) is -0.545. The summed E-state index contributed by atoms with van der Waals surface area (Å²) in [5.74, 6) is -0.513. The maximum absolute atomic E-state index is 11.4. The Morgan fingerprint density at radius 2 is 1.64 bits per heavy atom. The van der Waals surface area contributed by atoms with Crippen molar-refractivity contribution in [1.29, 1.82) is 0 Å². The number of benzene rings is 1. The predicted molar refractivity (Wildman–Crippen MR) is 101 cm³/mol. The zero-order chi connectivity index (χ0) is 18.8. The van der Waals surface area contributed by atoms with Gasteiger partial charge in [0, 0.05) is 12.7 Å². The van der Waals surface area contributed by atoms with Crippen molar-refractivity contribution in [3.8, 4) is 0 Å². The molecule has 0 aliphatic carbocycles. The lowest BCUT2D eigenvalue weighted by Crippen LogP contribution is -2.41. The molecule has 0 spiro atoms. The lowest BCUT2D eigenvalue weighted by molar-refractivity contribution is -0.109. The van der Waals surface area contributed by atoms with Crippen LogP contribution < -0.4 is 0 Å². The molecule has 25 heavy (non-hydrogen) atoms. The Morgan fingerprint density at radius 1 is 1.12 bits per heavy atom. The van der Waals surface area contributed by atoms with E-state index in [-0.39, 0.29) is 10.7 Å². The van der Waals surface area contributed by atoms with Gasteiger partial charge in [-0.05, 0) is 50.9 Å². The lowest BCUT2D eigenvalue weighted by atomic mass is 9.78. The van der Waals surface area contributed by atoms with Crippen molar-refractivity contribution in [1.82, 2.24) is 0 Å². The van der Waals surface area contributed by atoms with Crippen LogP contribution in [0.25, 0.3) is 6.08 Å². The second-order valence-corrected chi connectivity index (χ2v) is 8.17. The standard InChI is InChI=1S/C18H23BO5S/c1-12(20)25-11-15(19-23-17(2,3)18(4,5)24-19)10-13-6-8-14(9-7-13)16(21)22/h6-10H,11H2,1-5H3,(H,21,22). The van der Waals surface area contributed by atoms with E-state index in [4.69, 9.17) is 14.4 Å². The largest absolute Gasteiger partial charge is 0.491 e. The Bertz CT molecular complexity index is 678. The van der Waals surface area contributed by atoms with Gasteiger partial charge in [-0.2, -0.15) is 0 Å². The Balaban J connectivity index is 2.29. The summed E-state index contributed by atoms with van der Waals surface area (Å²) in [5.41, 5.74) is 0.962. The fraction of sp³-hybridized carbons (Fsp3) is 0.444. The highest BCUT2D eigenvalue weighted by atomic mass is 32.2. The zero-order valence-electron chi connectivity index (χ0n) is 15.2. The Labute approximate surface area is 152 Å². The molecule has 1 fully saturated rings. The van der Waals surface area contributed by atoms with E-state index in [0.29, 0.717) is 5.75 Å². The number of carboxylic acids is 1. The highest BCUT2D eigenvalue weighted by molar-refractivity contribution is 8.13. The van der Waals surface area contributed by atoms with E-state index in [2.05, 4.69) is 0 Å². The summed E-state index contributed by atoms with van der Waals surface area (Å²) in [4.78, 5) is 22.3. The van der Waals surface area contributed by atoms with Crippen molar-refractivity contribution < 1.29 is 24.0 Å². The Morgan fingerprint density at radius 3 is 2.08 bits per heavy atom. The van der Waals surface area contributed by atoms with Gasteiger partial charge in [-0.1, -0.05) is 30.0 Å². The van der Waals surface area contributed by atoms with Crippen LogP contribution in [0, 0.1) is 0 Å². The second kappa shape index (κ2) is 7.36. The van der Waals surface area contributed by atoms with Crippen molar-refractivity contribution in [2.75, 3.05) is 5.75 Å². The van der Waals surface area contributed by atoms with Crippen LogP contribution in [-0.4, -0.2) is 40.3 Å². The van der Waals surface area contributed by atoms with Gasteiger partial charge in [0.1, 0.15) is 0 Å². The van der Waals surface area contributed by atoms with Crippen LogP contribution in [0.2, 0.25) is 0 Å². The molecule has 1 aliphatic rings. The van der Waals surface area contributed by atoms with Crippen molar-refractivity contribution in [2.45, 2.75) is 45.8 Å². The van der Waals surface area contributed by atoms with Crippen molar-refractivity contribution >= 4 is 36.0 Å². The zero-order valence-corrected chi connectivity index (χ0v) is 16.0. The molecule has 1 aliphatic heterocycles. The van der Waals surface area contributed by atoms with Crippen LogP contribution >= 0.6 is 11.8 Å². The smallest absolute Gasteiger partial charge is 0.478 e. The monoisotopic (exact) mass is 362 g/mol. The van der Waals surface area contributed by atoms with Gasteiger partial charge >= 0.3 is 13.1 Å². The maximum Gasteiger partial charge on any atom is 0.491 e. The second-order valence-electron chi connectivity index (χ2n) is 7.01. The molecular formula is C18H23BO5S. The molecule has 1 aromatic rings. The molecule has 2 rings (SSSR count). The predicted octanol–water partition coefficient (Wildman–Crippen LogP) is 3.68. The fourth-order valence-electron chi connectivity index (χ4n) is 2.29. The number of aromatic carboxylic acids is 1. The Hall–Kier alpha value is -1.57. The minimum absolute atomic E-state index is 0.0173. The number of carbonyl (C=O) groups is 2. The molecule has 0 radical (unpaired) electrons. The van der Waals surface area contributed by atoms with E-state index in [1.165, 1.54) is 18.7 Å².